The van der Waals surface area contributed by atoms with Gasteiger partial charge in [-0.05, 0) is 13.0 Å². The molecule has 2 aliphatic heterocycles. The zero-order chi connectivity index (χ0) is 31.0. The van der Waals surface area contributed by atoms with Crippen LogP contribution >= 0.6 is 0 Å². The highest BCUT2D eigenvalue weighted by Gasteiger charge is 2.45. The van der Waals surface area contributed by atoms with Gasteiger partial charge in [-0.15, -0.1) is 0 Å². The first kappa shape index (κ1) is 30.6. The second-order valence-corrected chi connectivity index (χ2v) is 9.64. The van der Waals surface area contributed by atoms with Crippen LogP contribution in [0.25, 0.3) is 0 Å². The van der Waals surface area contributed by atoms with Crippen LogP contribution in [0.2, 0.25) is 0 Å². The molecule has 0 aliphatic carbocycles. The standard InChI is InChI=1S/C24H24F6N8O4/c1-12(33-15-9-32-35-21(40)19(15)24(28,29)30)11-42-6-3-18(39)37-4-5-38-17(10-37)22(41)36(2)16-7-13(23(25,26)27)14(8-31)34-20(16)38/h7,9,12,17H,3-6,10-11H2,1-2H3,(H2,33,35,40)/t12-,17-/m0/s1. The van der Waals surface area contributed by atoms with E-state index in [1.807, 2.05) is 0 Å². The maximum Gasteiger partial charge on any atom is 0.423 e. The number of halogens is 6. The number of fused-ring (bicyclic) bond motifs is 3. The maximum atomic E-state index is 13.4. The molecule has 2 aromatic rings. The van der Waals surface area contributed by atoms with Crippen LogP contribution in [0.3, 0.4) is 0 Å². The van der Waals surface area contributed by atoms with Gasteiger partial charge in [0.2, 0.25) is 5.91 Å². The van der Waals surface area contributed by atoms with Crippen molar-refractivity contribution in [1.29, 1.82) is 5.26 Å². The van der Waals surface area contributed by atoms with Gasteiger partial charge >= 0.3 is 12.4 Å². The van der Waals surface area contributed by atoms with Crippen molar-refractivity contribution in [3.05, 3.63) is 39.4 Å². The van der Waals surface area contributed by atoms with E-state index in [-0.39, 0.29) is 56.7 Å². The quantitative estimate of drug-likeness (QED) is 0.359. The number of amides is 2. The zero-order valence-electron chi connectivity index (χ0n) is 22.1. The van der Waals surface area contributed by atoms with Crippen molar-refractivity contribution in [2.45, 2.75) is 37.8 Å². The minimum absolute atomic E-state index is 0.0351. The molecule has 0 spiro atoms. The van der Waals surface area contributed by atoms with E-state index in [0.29, 0.717) is 0 Å². The lowest BCUT2D eigenvalue weighted by molar-refractivity contribution is -0.139. The zero-order valence-corrected chi connectivity index (χ0v) is 22.1. The van der Waals surface area contributed by atoms with Gasteiger partial charge in [-0.25, -0.2) is 10.1 Å². The Morgan fingerprint density at radius 1 is 1.24 bits per heavy atom. The Kier molecular flexibility index (Phi) is 8.34. The summed E-state index contributed by atoms with van der Waals surface area (Å²) >= 11 is 0. The van der Waals surface area contributed by atoms with E-state index < -0.39 is 58.4 Å². The number of alkyl halides is 6. The van der Waals surface area contributed by atoms with Gasteiger partial charge < -0.3 is 24.8 Å². The number of hydrogen-bond acceptors (Lipinski definition) is 9. The lowest BCUT2D eigenvalue weighted by Crippen LogP contribution is -2.63. The first-order valence-electron chi connectivity index (χ1n) is 12.5. The number of H-pyrrole nitrogens is 1. The summed E-state index contributed by atoms with van der Waals surface area (Å²) in [5.41, 5.74) is -5.53. The summed E-state index contributed by atoms with van der Waals surface area (Å²) in [4.78, 5) is 45.2. The second-order valence-electron chi connectivity index (χ2n) is 9.64. The number of pyridine rings is 1. The van der Waals surface area contributed by atoms with Crippen molar-refractivity contribution < 1.29 is 40.7 Å². The van der Waals surface area contributed by atoms with Crippen molar-refractivity contribution in [1.82, 2.24) is 20.1 Å². The van der Waals surface area contributed by atoms with Crippen LogP contribution in [0.1, 0.15) is 30.2 Å². The molecule has 2 aromatic heterocycles. The van der Waals surface area contributed by atoms with E-state index in [1.165, 1.54) is 29.8 Å². The number of carbonyl (C=O) groups is 2. The molecule has 42 heavy (non-hydrogen) atoms. The minimum atomic E-state index is -4.91. The molecule has 0 bridgehead atoms. The molecule has 0 unspecified atom stereocenters. The second kappa shape index (κ2) is 11.5. The fraction of sp³-hybridized carbons (Fsp3) is 0.500. The van der Waals surface area contributed by atoms with Gasteiger partial charge in [0, 0.05) is 26.2 Å². The number of anilines is 3. The number of aromatic amines is 1. The molecule has 226 valence electrons. The number of nitriles is 1. The highest BCUT2D eigenvalue weighted by molar-refractivity contribution is 6.05. The number of hydrogen-bond donors (Lipinski definition) is 2. The number of aromatic nitrogens is 3. The average Bonchev–Trinajstić information content (AvgIpc) is 2.91. The molecule has 0 aromatic carbocycles. The predicted molar refractivity (Wildman–Crippen MR) is 133 cm³/mol. The van der Waals surface area contributed by atoms with Gasteiger partial charge in [0.1, 0.15) is 17.7 Å². The van der Waals surface area contributed by atoms with Gasteiger partial charge in [0.15, 0.2) is 11.5 Å². The summed E-state index contributed by atoms with van der Waals surface area (Å²) < 4.78 is 85.3. The van der Waals surface area contributed by atoms with E-state index >= 15 is 0 Å². The van der Waals surface area contributed by atoms with Gasteiger partial charge in [-0.1, -0.05) is 0 Å². The van der Waals surface area contributed by atoms with Crippen molar-refractivity contribution in [3.8, 4) is 6.07 Å². The molecule has 0 radical (unpaired) electrons. The van der Waals surface area contributed by atoms with Crippen LogP contribution in [0.5, 0.6) is 0 Å². The van der Waals surface area contributed by atoms with Gasteiger partial charge in [0.25, 0.3) is 11.5 Å². The summed E-state index contributed by atoms with van der Waals surface area (Å²) in [6.07, 6.45) is -9.05. The molecule has 0 saturated carbocycles. The molecule has 1 fully saturated rings. The number of carbonyl (C=O) groups excluding carboxylic acids is 2. The third-order valence-corrected chi connectivity index (χ3v) is 6.75. The van der Waals surface area contributed by atoms with E-state index in [1.54, 1.807) is 5.10 Å². The largest absolute Gasteiger partial charge is 0.423 e. The van der Waals surface area contributed by atoms with Crippen LogP contribution in [0.15, 0.2) is 17.1 Å². The van der Waals surface area contributed by atoms with E-state index in [0.717, 1.165) is 17.2 Å². The monoisotopic (exact) mass is 602 g/mol. The molecule has 4 rings (SSSR count). The normalized spacial score (nSPS) is 17.8. The van der Waals surface area contributed by atoms with Crippen molar-refractivity contribution in [2.75, 3.05) is 55.0 Å². The highest BCUT2D eigenvalue weighted by Crippen LogP contribution is 2.41. The third-order valence-electron chi connectivity index (χ3n) is 6.75. The summed E-state index contributed by atoms with van der Waals surface area (Å²) in [6, 6.07) is 0.542. The number of rotatable bonds is 7. The lowest BCUT2D eigenvalue weighted by atomic mass is 10.0. The molecule has 2 amide bonds. The van der Waals surface area contributed by atoms with E-state index in [9.17, 15) is 46.0 Å². The minimum Gasteiger partial charge on any atom is -0.379 e. The summed E-state index contributed by atoms with van der Waals surface area (Å²) in [5.74, 6) is -0.899. The van der Waals surface area contributed by atoms with Crippen molar-refractivity contribution >= 4 is 29.0 Å². The van der Waals surface area contributed by atoms with Crippen LogP contribution < -0.4 is 20.7 Å². The Morgan fingerprint density at radius 2 is 1.95 bits per heavy atom. The van der Waals surface area contributed by atoms with E-state index in [4.69, 9.17) is 4.74 Å². The smallest absolute Gasteiger partial charge is 0.379 e. The number of nitrogens with zero attached hydrogens (tertiary/aromatic N) is 6. The Hall–Kier alpha value is -4.40. The number of piperazine rings is 1. The third kappa shape index (κ3) is 6.10. The van der Waals surface area contributed by atoms with Crippen molar-refractivity contribution in [3.63, 3.8) is 0 Å². The van der Waals surface area contributed by atoms with Crippen LogP contribution in [-0.4, -0.2) is 83.9 Å². The van der Waals surface area contributed by atoms with Gasteiger partial charge in [-0.3, -0.25) is 14.4 Å². The Balaban J connectivity index is 1.34. The molecule has 2 aliphatic rings. The van der Waals surface area contributed by atoms with Crippen LogP contribution in [0, 0.1) is 11.3 Å². The van der Waals surface area contributed by atoms with Crippen LogP contribution in [0.4, 0.5) is 43.5 Å². The fourth-order valence-corrected chi connectivity index (χ4v) is 4.74. The van der Waals surface area contributed by atoms with Crippen molar-refractivity contribution in [2.24, 2.45) is 0 Å². The topological polar surface area (TPSA) is 148 Å². The number of nitrogens with one attached hydrogen (secondary N) is 2. The fourth-order valence-electron chi connectivity index (χ4n) is 4.74. The summed E-state index contributed by atoms with van der Waals surface area (Å²) in [6.45, 7) is 1.40. The molecular formula is C24H24F6N8O4. The first-order chi connectivity index (χ1) is 19.6. The Bertz CT molecular complexity index is 1470. The summed E-state index contributed by atoms with van der Waals surface area (Å²) in [7, 11) is 1.29. The lowest BCUT2D eigenvalue weighted by Gasteiger charge is -2.46. The molecule has 2 atom stereocenters. The van der Waals surface area contributed by atoms with E-state index in [2.05, 4.69) is 15.4 Å². The summed E-state index contributed by atoms with van der Waals surface area (Å²) in [5, 5.41) is 16.9. The molecule has 2 N–H and O–H groups in total. The van der Waals surface area contributed by atoms with Crippen LogP contribution in [-0.2, 0) is 26.7 Å². The number of likely N-dealkylation sites (N-methyl/N-ethyl adjacent to an activating group) is 1. The maximum absolute atomic E-state index is 13.4. The van der Waals surface area contributed by atoms with Gasteiger partial charge in [-0.2, -0.15) is 36.7 Å². The Labute approximate surface area is 233 Å². The molecule has 12 nitrogen and oxygen atoms in total. The predicted octanol–water partition coefficient (Wildman–Crippen LogP) is 1.98. The highest BCUT2D eigenvalue weighted by atomic mass is 19.4. The molecule has 4 heterocycles. The Morgan fingerprint density at radius 3 is 2.60 bits per heavy atom. The first-order valence-corrected chi connectivity index (χ1v) is 12.5. The number of ether oxygens (including phenoxy) is 1. The van der Waals surface area contributed by atoms with Gasteiger partial charge in [0.05, 0.1) is 49.3 Å². The molecular weight excluding hydrogens is 578 g/mol. The average molecular weight is 602 g/mol. The SMILES string of the molecule is C[C@@H](COCCC(=O)N1CCN2c3nc(C#N)c(C(F)(F)F)cc3N(C)C(=O)[C@@H]2C1)Nc1cn[nH]c(=O)c1C(F)(F)F. The molecule has 18 heteroatoms. The molecule has 1 saturated heterocycles.